The maximum atomic E-state index is 10.7. The third-order valence-electron chi connectivity index (χ3n) is 2.04. The van der Waals surface area contributed by atoms with Crippen molar-refractivity contribution in [3.63, 3.8) is 0 Å². The Labute approximate surface area is 81.1 Å². The molecule has 0 bridgehead atoms. The minimum Gasteiger partial charge on any atom is -0.478 e. The fourth-order valence-corrected chi connectivity index (χ4v) is 1.32. The summed E-state index contributed by atoms with van der Waals surface area (Å²) >= 11 is 0. The highest BCUT2D eigenvalue weighted by Crippen LogP contribution is 2.23. The molecule has 1 unspecified atom stereocenters. The smallest absolute Gasteiger partial charge is 0.347 e. The van der Waals surface area contributed by atoms with Gasteiger partial charge in [0.05, 0.1) is 13.2 Å². The fraction of sp³-hybridized carbons (Fsp3) is 0.300. The molecule has 74 valence electrons. The number of aliphatic carboxylic acids is 1. The second kappa shape index (κ2) is 3.67. The van der Waals surface area contributed by atoms with Gasteiger partial charge in [0.25, 0.3) is 0 Å². The summed E-state index contributed by atoms with van der Waals surface area (Å²) in [5.41, 5.74) is 0.885. The second-order valence-electron chi connectivity index (χ2n) is 3.07. The molecule has 14 heavy (non-hydrogen) atoms. The van der Waals surface area contributed by atoms with E-state index in [1.54, 1.807) is 6.07 Å². The van der Waals surface area contributed by atoms with Gasteiger partial charge in [0, 0.05) is 5.56 Å². The standard InChI is InChI=1S/C10H10O4/c11-10(12)9-6-13-5-7-3-1-2-4-8(7)14-9/h1-4,9H,5-6H2,(H,11,12). The molecule has 0 spiro atoms. The van der Waals surface area contributed by atoms with Gasteiger partial charge in [-0.25, -0.2) is 4.79 Å². The molecular weight excluding hydrogens is 184 g/mol. The SMILES string of the molecule is O=C(O)C1COCc2ccccc2O1. The zero-order valence-electron chi connectivity index (χ0n) is 7.47. The lowest BCUT2D eigenvalue weighted by atomic mass is 10.2. The number of para-hydroxylation sites is 1. The Morgan fingerprint density at radius 3 is 3.00 bits per heavy atom. The number of carboxylic acids is 1. The molecular formula is C10H10O4. The summed E-state index contributed by atoms with van der Waals surface area (Å²) in [6, 6.07) is 7.29. The van der Waals surface area contributed by atoms with Crippen LogP contribution in [0.25, 0.3) is 0 Å². The Hall–Kier alpha value is -1.55. The first-order valence-electron chi connectivity index (χ1n) is 4.32. The summed E-state index contributed by atoms with van der Waals surface area (Å²) in [5.74, 6) is -0.404. The van der Waals surface area contributed by atoms with Gasteiger partial charge in [0.2, 0.25) is 6.10 Å². The molecule has 2 rings (SSSR count). The molecule has 0 saturated heterocycles. The number of ether oxygens (including phenoxy) is 2. The van der Waals surface area contributed by atoms with Crippen molar-refractivity contribution in [2.24, 2.45) is 0 Å². The lowest BCUT2D eigenvalue weighted by molar-refractivity contribution is -0.147. The minimum atomic E-state index is -0.998. The van der Waals surface area contributed by atoms with E-state index in [0.717, 1.165) is 5.56 Å². The van der Waals surface area contributed by atoms with E-state index in [4.69, 9.17) is 14.6 Å². The molecule has 0 fully saturated rings. The van der Waals surface area contributed by atoms with Crippen LogP contribution in [0.1, 0.15) is 5.56 Å². The second-order valence-corrected chi connectivity index (χ2v) is 3.07. The molecule has 1 aromatic carbocycles. The van der Waals surface area contributed by atoms with Crippen molar-refractivity contribution in [3.05, 3.63) is 29.8 Å². The van der Waals surface area contributed by atoms with Crippen LogP contribution >= 0.6 is 0 Å². The fourth-order valence-electron chi connectivity index (χ4n) is 1.32. The van der Waals surface area contributed by atoms with E-state index >= 15 is 0 Å². The van der Waals surface area contributed by atoms with Crippen LogP contribution in [0.5, 0.6) is 5.75 Å². The highest BCUT2D eigenvalue weighted by atomic mass is 16.6. The Balaban J connectivity index is 2.26. The van der Waals surface area contributed by atoms with Gasteiger partial charge in [-0.1, -0.05) is 18.2 Å². The predicted molar refractivity (Wildman–Crippen MR) is 48.1 cm³/mol. The first-order chi connectivity index (χ1) is 6.77. The first-order valence-corrected chi connectivity index (χ1v) is 4.32. The molecule has 0 amide bonds. The van der Waals surface area contributed by atoms with Gasteiger partial charge in [0.15, 0.2) is 0 Å². The number of carboxylic acid groups (broad SMARTS) is 1. The quantitative estimate of drug-likeness (QED) is 0.726. The molecule has 1 N–H and O–H groups in total. The van der Waals surface area contributed by atoms with Gasteiger partial charge in [-0.3, -0.25) is 0 Å². The predicted octanol–water partition coefficient (Wildman–Crippen LogP) is 1.05. The number of fused-ring (bicyclic) bond motifs is 1. The minimum absolute atomic E-state index is 0.0873. The maximum Gasteiger partial charge on any atom is 0.347 e. The van der Waals surface area contributed by atoms with Crippen LogP contribution in [0.3, 0.4) is 0 Å². The topological polar surface area (TPSA) is 55.8 Å². The van der Waals surface area contributed by atoms with Gasteiger partial charge in [-0.2, -0.15) is 0 Å². The molecule has 1 aliphatic heterocycles. The van der Waals surface area contributed by atoms with Crippen molar-refractivity contribution < 1.29 is 19.4 Å². The van der Waals surface area contributed by atoms with Gasteiger partial charge in [-0.15, -0.1) is 0 Å². The summed E-state index contributed by atoms with van der Waals surface area (Å²) < 4.78 is 10.5. The molecule has 0 radical (unpaired) electrons. The van der Waals surface area contributed by atoms with E-state index in [0.29, 0.717) is 12.4 Å². The van der Waals surface area contributed by atoms with Crippen LogP contribution in [-0.2, 0) is 16.1 Å². The summed E-state index contributed by atoms with van der Waals surface area (Å²) in [6.07, 6.45) is -0.904. The van der Waals surface area contributed by atoms with Crippen molar-refractivity contribution in [2.45, 2.75) is 12.7 Å². The van der Waals surface area contributed by atoms with E-state index in [2.05, 4.69) is 0 Å². The Bertz CT molecular complexity index is 348. The molecule has 4 heteroatoms. The van der Waals surface area contributed by atoms with E-state index < -0.39 is 12.1 Å². The number of carbonyl (C=O) groups is 1. The van der Waals surface area contributed by atoms with Gasteiger partial charge in [0.1, 0.15) is 5.75 Å². The Morgan fingerprint density at radius 1 is 1.43 bits per heavy atom. The monoisotopic (exact) mass is 194 g/mol. The van der Waals surface area contributed by atoms with Crippen molar-refractivity contribution >= 4 is 5.97 Å². The number of hydrogen-bond acceptors (Lipinski definition) is 3. The molecule has 4 nitrogen and oxygen atoms in total. The normalized spacial score (nSPS) is 20.4. The van der Waals surface area contributed by atoms with Crippen LogP contribution in [0, 0.1) is 0 Å². The van der Waals surface area contributed by atoms with E-state index in [9.17, 15) is 4.79 Å². The molecule has 1 atom stereocenters. The van der Waals surface area contributed by atoms with E-state index in [-0.39, 0.29) is 6.61 Å². The van der Waals surface area contributed by atoms with Gasteiger partial charge < -0.3 is 14.6 Å². The lowest BCUT2D eigenvalue weighted by Crippen LogP contribution is -2.30. The summed E-state index contributed by atoms with van der Waals surface area (Å²) in [6.45, 7) is 0.490. The molecule has 0 aromatic heterocycles. The van der Waals surface area contributed by atoms with Crippen LogP contribution < -0.4 is 4.74 Å². The highest BCUT2D eigenvalue weighted by molar-refractivity contribution is 5.73. The Morgan fingerprint density at radius 2 is 2.21 bits per heavy atom. The number of hydrogen-bond donors (Lipinski definition) is 1. The average molecular weight is 194 g/mol. The zero-order valence-corrected chi connectivity index (χ0v) is 7.47. The van der Waals surface area contributed by atoms with Crippen LogP contribution in [-0.4, -0.2) is 23.8 Å². The summed E-state index contributed by atoms with van der Waals surface area (Å²) in [4.78, 5) is 10.7. The average Bonchev–Trinajstić information content (AvgIpc) is 2.39. The third-order valence-corrected chi connectivity index (χ3v) is 2.04. The molecule has 0 aliphatic carbocycles. The van der Waals surface area contributed by atoms with Crippen LogP contribution in [0.4, 0.5) is 0 Å². The van der Waals surface area contributed by atoms with E-state index in [1.807, 2.05) is 18.2 Å². The number of benzene rings is 1. The highest BCUT2D eigenvalue weighted by Gasteiger charge is 2.23. The molecule has 1 heterocycles. The largest absolute Gasteiger partial charge is 0.478 e. The van der Waals surface area contributed by atoms with Gasteiger partial charge >= 0.3 is 5.97 Å². The zero-order chi connectivity index (χ0) is 9.97. The Kier molecular flexibility index (Phi) is 2.37. The van der Waals surface area contributed by atoms with Crippen molar-refractivity contribution in [3.8, 4) is 5.75 Å². The van der Waals surface area contributed by atoms with Crippen molar-refractivity contribution in [2.75, 3.05) is 6.61 Å². The van der Waals surface area contributed by atoms with E-state index in [1.165, 1.54) is 0 Å². The lowest BCUT2D eigenvalue weighted by Gasteiger charge is -2.11. The summed E-state index contributed by atoms with van der Waals surface area (Å²) in [5, 5.41) is 8.78. The summed E-state index contributed by atoms with van der Waals surface area (Å²) in [7, 11) is 0. The third kappa shape index (κ3) is 1.70. The van der Waals surface area contributed by atoms with Gasteiger partial charge in [-0.05, 0) is 6.07 Å². The maximum absolute atomic E-state index is 10.7. The first kappa shape index (κ1) is 9.02. The van der Waals surface area contributed by atoms with Crippen molar-refractivity contribution in [1.82, 2.24) is 0 Å². The number of rotatable bonds is 1. The van der Waals surface area contributed by atoms with Crippen molar-refractivity contribution in [1.29, 1.82) is 0 Å². The van der Waals surface area contributed by atoms with Crippen LogP contribution in [0.2, 0.25) is 0 Å². The molecule has 1 aromatic rings. The molecule has 0 saturated carbocycles. The van der Waals surface area contributed by atoms with Crippen LogP contribution in [0.15, 0.2) is 24.3 Å². The molecule has 1 aliphatic rings.